The highest BCUT2D eigenvalue weighted by Gasteiger charge is 2.17. The molecule has 1 amide bonds. The van der Waals surface area contributed by atoms with Gasteiger partial charge in [0.05, 0.1) is 0 Å². The van der Waals surface area contributed by atoms with Crippen molar-refractivity contribution in [2.75, 3.05) is 5.32 Å². The quantitative estimate of drug-likeness (QED) is 0.739. The van der Waals surface area contributed by atoms with Gasteiger partial charge in [-0.2, -0.15) is 0 Å². The molecule has 122 valence electrons. The molecule has 3 rings (SSSR count). The summed E-state index contributed by atoms with van der Waals surface area (Å²) in [4.78, 5) is 12.2. The van der Waals surface area contributed by atoms with Gasteiger partial charge in [-0.15, -0.1) is 10.2 Å². The molecule has 0 unspecified atom stereocenters. The summed E-state index contributed by atoms with van der Waals surface area (Å²) in [6.45, 7) is 1.66. The molecule has 0 fully saturated rings. The second kappa shape index (κ2) is 7.42. The van der Waals surface area contributed by atoms with E-state index in [-0.39, 0.29) is 5.91 Å². The Labute approximate surface area is 148 Å². The summed E-state index contributed by atoms with van der Waals surface area (Å²) in [5.41, 5.74) is 0.957. The molecule has 0 aliphatic rings. The van der Waals surface area contributed by atoms with E-state index in [1.54, 1.807) is 31.2 Å². The minimum atomic E-state index is -0.687. The lowest BCUT2D eigenvalue weighted by molar-refractivity contribution is -0.122. The first-order valence-electron chi connectivity index (χ1n) is 7.24. The Balaban J connectivity index is 1.63. The van der Waals surface area contributed by atoms with Crippen LogP contribution in [-0.2, 0) is 4.79 Å². The number of aromatic nitrogens is 2. The van der Waals surface area contributed by atoms with Crippen LogP contribution in [0.3, 0.4) is 0 Å². The van der Waals surface area contributed by atoms with Crippen molar-refractivity contribution in [3.8, 4) is 16.3 Å². The molecule has 0 aliphatic heterocycles. The van der Waals surface area contributed by atoms with E-state index in [1.165, 1.54) is 11.3 Å². The standard InChI is InChI=1S/C17H14ClN3O2S/c1-11(23-14-9-5-8-13(18)10-14)15(22)19-17-21-20-16(24-17)12-6-3-2-4-7-12/h2-11H,1H3,(H,19,21,22)/t11-/m1/s1. The van der Waals surface area contributed by atoms with Crippen molar-refractivity contribution >= 4 is 34.0 Å². The molecule has 1 atom stereocenters. The van der Waals surface area contributed by atoms with Gasteiger partial charge in [-0.25, -0.2) is 0 Å². The van der Waals surface area contributed by atoms with Crippen molar-refractivity contribution in [2.24, 2.45) is 0 Å². The first-order valence-corrected chi connectivity index (χ1v) is 8.43. The molecule has 7 heteroatoms. The van der Waals surface area contributed by atoms with Gasteiger partial charge in [0.25, 0.3) is 5.91 Å². The van der Waals surface area contributed by atoms with Gasteiger partial charge in [0, 0.05) is 10.6 Å². The van der Waals surface area contributed by atoms with E-state index in [0.717, 1.165) is 10.6 Å². The SMILES string of the molecule is C[C@@H](Oc1cccc(Cl)c1)C(=O)Nc1nnc(-c2ccccc2)s1. The summed E-state index contributed by atoms with van der Waals surface area (Å²) in [7, 11) is 0. The van der Waals surface area contributed by atoms with Crippen molar-refractivity contribution in [1.29, 1.82) is 0 Å². The molecule has 0 saturated carbocycles. The molecule has 1 N–H and O–H groups in total. The number of hydrogen-bond donors (Lipinski definition) is 1. The molecule has 0 radical (unpaired) electrons. The second-order valence-electron chi connectivity index (χ2n) is 4.99. The number of anilines is 1. The lowest BCUT2D eigenvalue weighted by atomic mass is 10.2. The molecule has 0 aliphatic carbocycles. The molecule has 0 saturated heterocycles. The fourth-order valence-corrected chi connectivity index (χ4v) is 2.91. The van der Waals surface area contributed by atoms with Crippen LogP contribution < -0.4 is 10.1 Å². The topological polar surface area (TPSA) is 64.1 Å². The number of rotatable bonds is 5. The number of ether oxygens (including phenoxy) is 1. The van der Waals surface area contributed by atoms with Gasteiger partial charge in [-0.05, 0) is 25.1 Å². The van der Waals surface area contributed by atoms with E-state index in [4.69, 9.17) is 16.3 Å². The van der Waals surface area contributed by atoms with E-state index in [1.807, 2.05) is 30.3 Å². The van der Waals surface area contributed by atoms with Crippen LogP contribution in [0.4, 0.5) is 5.13 Å². The highest BCUT2D eigenvalue weighted by molar-refractivity contribution is 7.18. The predicted octanol–water partition coefficient (Wildman–Crippen LogP) is 4.26. The van der Waals surface area contributed by atoms with Crippen molar-refractivity contribution in [2.45, 2.75) is 13.0 Å². The highest BCUT2D eigenvalue weighted by atomic mass is 35.5. The van der Waals surface area contributed by atoms with Crippen LogP contribution in [0.2, 0.25) is 5.02 Å². The maximum atomic E-state index is 12.2. The van der Waals surface area contributed by atoms with Crippen LogP contribution in [0.15, 0.2) is 54.6 Å². The molecule has 1 aromatic heterocycles. The fraction of sp³-hybridized carbons (Fsp3) is 0.118. The van der Waals surface area contributed by atoms with Gasteiger partial charge in [-0.3, -0.25) is 10.1 Å². The van der Waals surface area contributed by atoms with Gasteiger partial charge >= 0.3 is 0 Å². The van der Waals surface area contributed by atoms with E-state index in [0.29, 0.717) is 15.9 Å². The first-order chi connectivity index (χ1) is 11.6. The molecule has 1 heterocycles. The zero-order chi connectivity index (χ0) is 16.9. The van der Waals surface area contributed by atoms with E-state index in [9.17, 15) is 4.79 Å². The number of benzene rings is 2. The minimum absolute atomic E-state index is 0.300. The van der Waals surface area contributed by atoms with Gasteiger partial charge in [0.2, 0.25) is 5.13 Å². The highest BCUT2D eigenvalue weighted by Crippen LogP contribution is 2.26. The summed E-state index contributed by atoms with van der Waals surface area (Å²) < 4.78 is 5.58. The third-order valence-corrected chi connectivity index (χ3v) is 4.28. The number of nitrogens with one attached hydrogen (secondary N) is 1. The normalized spacial score (nSPS) is 11.8. The molecule has 0 bridgehead atoms. The maximum absolute atomic E-state index is 12.2. The van der Waals surface area contributed by atoms with Gasteiger partial charge in [0.1, 0.15) is 10.8 Å². The second-order valence-corrected chi connectivity index (χ2v) is 6.40. The molecular formula is C17H14ClN3O2S. The Bertz CT molecular complexity index is 839. The third kappa shape index (κ3) is 4.10. The average Bonchev–Trinajstić information content (AvgIpc) is 3.04. The van der Waals surface area contributed by atoms with Crippen LogP contribution in [0.1, 0.15) is 6.92 Å². The Hall–Kier alpha value is -2.44. The summed E-state index contributed by atoms with van der Waals surface area (Å²) in [5.74, 6) is 0.234. The zero-order valence-electron chi connectivity index (χ0n) is 12.8. The maximum Gasteiger partial charge on any atom is 0.266 e. The first kappa shape index (κ1) is 16.4. The number of amides is 1. The Morgan fingerprint density at radius 1 is 1.17 bits per heavy atom. The molecule has 0 spiro atoms. The number of nitrogens with zero attached hydrogens (tertiary/aromatic N) is 2. The Morgan fingerprint density at radius 3 is 2.71 bits per heavy atom. The molecular weight excluding hydrogens is 346 g/mol. The van der Waals surface area contributed by atoms with Crippen LogP contribution in [0, 0.1) is 0 Å². The van der Waals surface area contributed by atoms with E-state index >= 15 is 0 Å². The largest absolute Gasteiger partial charge is 0.481 e. The smallest absolute Gasteiger partial charge is 0.266 e. The predicted molar refractivity (Wildman–Crippen MR) is 95.5 cm³/mol. The minimum Gasteiger partial charge on any atom is -0.481 e. The number of carbonyl (C=O) groups excluding carboxylic acids is 1. The third-order valence-electron chi connectivity index (χ3n) is 3.15. The van der Waals surface area contributed by atoms with E-state index < -0.39 is 6.10 Å². The van der Waals surface area contributed by atoms with Crippen LogP contribution in [0.25, 0.3) is 10.6 Å². The Morgan fingerprint density at radius 2 is 1.96 bits per heavy atom. The monoisotopic (exact) mass is 359 g/mol. The summed E-state index contributed by atoms with van der Waals surface area (Å²) in [5, 5.41) is 12.5. The van der Waals surface area contributed by atoms with Crippen LogP contribution in [0.5, 0.6) is 5.75 Å². The summed E-state index contributed by atoms with van der Waals surface area (Å²) in [6, 6.07) is 16.6. The van der Waals surface area contributed by atoms with Crippen molar-refractivity contribution in [3.63, 3.8) is 0 Å². The van der Waals surface area contributed by atoms with Crippen molar-refractivity contribution < 1.29 is 9.53 Å². The van der Waals surface area contributed by atoms with Gasteiger partial charge < -0.3 is 4.74 Å². The summed E-state index contributed by atoms with van der Waals surface area (Å²) >= 11 is 7.21. The van der Waals surface area contributed by atoms with E-state index in [2.05, 4.69) is 15.5 Å². The Kier molecular flexibility index (Phi) is 5.08. The lowest BCUT2D eigenvalue weighted by Gasteiger charge is -2.13. The van der Waals surface area contributed by atoms with Gasteiger partial charge in [-0.1, -0.05) is 59.3 Å². The van der Waals surface area contributed by atoms with Crippen LogP contribution in [-0.4, -0.2) is 22.2 Å². The zero-order valence-corrected chi connectivity index (χ0v) is 14.3. The number of hydrogen-bond acceptors (Lipinski definition) is 5. The fourth-order valence-electron chi connectivity index (χ4n) is 1.98. The average molecular weight is 360 g/mol. The van der Waals surface area contributed by atoms with Crippen molar-refractivity contribution in [3.05, 3.63) is 59.6 Å². The molecule has 3 aromatic rings. The number of halogens is 1. The molecule has 5 nitrogen and oxygen atoms in total. The summed E-state index contributed by atoms with van der Waals surface area (Å²) in [6.07, 6.45) is -0.687. The van der Waals surface area contributed by atoms with Crippen molar-refractivity contribution in [1.82, 2.24) is 10.2 Å². The molecule has 2 aromatic carbocycles. The molecule has 24 heavy (non-hydrogen) atoms. The van der Waals surface area contributed by atoms with Crippen LogP contribution >= 0.6 is 22.9 Å². The number of carbonyl (C=O) groups is 1. The van der Waals surface area contributed by atoms with Gasteiger partial charge in [0.15, 0.2) is 6.10 Å². The lowest BCUT2D eigenvalue weighted by Crippen LogP contribution is -2.30.